The number of aldehydes is 2. The van der Waals surface area contributed by atoms with E-state index in [1.165, 1.54) is 12.8 Å². The number of carbonyl (C=O) groups is 2. The summed E-state index contributed by atoms with van der Waals surface area (Å²) in [5.74, 6) is 0. The minimum absolute atomic E-state index is 0.403. The fraction of sp³-hybridized carbons (Fsp3) is 0.667. The third-order valence-corrected chi connectivity index (χ3v) is 2.42. The van der Waals surface area contributed by atoms with Gasteiger partial charge < -0.3 is 9.59 Å². The molecule has 2 nitrogen and oxygen atoms in total. The fourth-order valence-corrected chi connectivity index (χ4v) is 1.67. The van der Waals surface area contributed by atoms with Gasteiger partial charge in [-0.1, -0.05) is 19.3 Å². The number of hydrogen-bond acceptors (Lipinski definition) is 2. The van der Waals surface area contributed by atoms with Crippen molar-refractivity contribution in [3.8, 4) is 0 Å². The van der Waals surface area contributed by atoms with Crippen molar-refractivity contribution in [2.24, 2.45) is 5.41 Å². The highest BCUT2D eigenvalue weighted by atomic mass is 16.1. The SMILES string of the molecule is O=C[CH]C1(C=O)CCCCC1. The Kier molecular flexibility index (Phi) is 2.80. The van der Waals surface area contributed by atoms with Gasteiger partial charge >= 0.3 is 0 Å². The van der Waals surface area contributed by atoms with Crippen molar-refractivity contribution in [1.82, 2.24) is 0 Å². The molecule has 0 spiro atoms. The Hall–Kier alpha value is -0.660. The van der Waals surface area contributed by atoms with E-state index in [0.717, 1.165) is 38.3 Å². The molecule has 1 aliphatic carbocycles. The molecule has 0 aromatic heterocycles. The lowest BCUT2D eigenvalue weighted by Gasteiger charge is -2.29. The van der Waals surface area contributed by atoms with Crippen LogP contribution in [0, 0.1) is 11.8 Å². The predicted molar refractivity (Wildman–Crippen MR) is 41.9 cm³/mol. The maximum atomic E-state index is 10.7. The third-order valence-electron chi connectivity index (χ3n) is 2.42. The number of carbonyl (C=O) groups excluding carboxylic acids is 2. The number of hydrogen-bond donors (Lipinski definition) is 0. The van der Waals surface area contributed by atoms with Gasteiger partial charge in [-0.2, -0.15) is 0 Å². The van der Waals surface area contributed by atoms with Crippen molar-refractivity contribution in [3.63, 3.8) is 0 Å². The molecule has 0 unspecified atom stereocenters. The van der Waals surface area contributed by atoms with Crippen molar-refractivity contribution in [2.75, 3.05) is 0 Å². The zero-order chi connectivity index (χ0) is 8.16. The highest BCUT2D eigenvalue weighted by molar-refractivity contribution is 5.74. The van der Waals surface area contributed by atoms with Crippen LogP contribution >= 0.6 is 0 Å². The van der Waals surface area contributed by atoms with E-state index in [-0.39, 0.29) is 0 Å². The Bertz CT molecular complexity index is 146. The smallest absolute Gasteiger partial charge is 0.126 e. The minimum Gasteiger partial charge on any atom is -0.303 e. The Morgan fingerprint density at radius 3 is 2.09 bits per heavy atom. The van der Waals surface area contributed by atoms with Crippen molar-refractivity contribution in [2.45, 2.75) is 32.1 Å². The maximum absolute atomic E-state index is 10.7. The molecule has 0 aromatic carbocycles. The quantitative estimate of drug-likeness (QED) is 0.576. The Balaban J connectivity index is 2.56. The van der Waals surface area contributed by atoms with Crippen LogP contribution in [0.15, 0.2) is 0 Å². The molecule has 0 atom stereocenters. The normalized spacial score (nSPS) is 22.5. The first kappa shape index (κ1) is 8.44. The van der Waals surface area contributed by atoms with E-state index in [4.69, 9.17) is 0 Å². The summed E-state index contributed by atoms with van der Waals surface area (Å²) in [6.07, 6.45) is 8.25. The zero-order valence-corrected chi connectivity index (χ0v) is 6.58. The van der Waals surface area contributed by atoms with Crippen LogP contribution < -0.4 is 0 Å². The predicted octanol–water partition coefficient (Wildman–Crippen LogP) is 1.54. The lowest BCUT2D eigenvalue weighted by molar-refractivity contribution is -0.118. The molecule has 0 heterocycles. The molecule has 0 amide bonds. The monoisotopic (exact) mass is 153 g/mol. The first-order valence-electron chi connectivity index (χ1n) is 4.09. The molecular formula is C9H13O2. The molecule has 1 saturated carbocycles. The van der Waals surface area contributed by atoms with Gasteiger partial charge in [0.1, 0.15) is 12.6 Å². The molecule has 0 N–H and O–H groups in total. The Labute approximate surface area is 67.0 Å². The fourth-order valence-electron chi connectivity index (χ4n) is 1.67. The summed E-state index contributed by atoms with van der Waals surface area (Å²) in [5, 5.41) is 0. The summed E-state index contributed by atoms with van der Waals surface area (Å²) >= 11 is 0. The summed E-state index contributed by atoms with van der Waals surface area (Å²) in [4.78, 5) is 20.9. The van der Waals surface area contributed by atoms with Crippen molar-refractivity contribution in [3.05, 3.63) is 6.42 Å². The topological polar surface area (TPSA) is 34.1 Å². The van der Waals surface area contributed by atoms with Gasteiger partial charge in [0.15, 0.2) is 0 Å². The molecule has 1 rings (SSSR count). The van der Waals surface area contributed by atoms with E-state index in [2.05, 4.69) is 0 Å². The van der Waals surface area contributed by atoms with Gasteiger partial charge in [-0.05, 0) is 12.8 Å². The van der Waals surface area contributed by atoms with Gasteiger partial charge in [0.2, 0.25) is 0 Å². The second-order valence-corrected chi connectivity index (χ2v) is 3.21. The highest BCUT2D eigenvalue weighted by Crippen LogP contribution is 2.35. The van der Waals surface area contributed by atoms with Crippen LogP contribution in [0.5, 0.6) is 0 Å². The zero-order valence-electron chi connectivity index (χ0n) is 6.58. The lowest BCUT2D eigenvalue weighted by Crippen LogP contribution is -2.26. The van der Waals surface area contributed by atoms with Crippen LogP contribution in [0.1, 0.15) is 32.1 Å². The van der Waals surface area contributed by atoms with Gasteiger partial charge in [-0.3, -0.25) is 0 Å². The third kappa shape index (κ3) is 1.88. The van der Waals surface area contributed by atoms with Gasteiger partial charge in [-0.15, -0.1) is 0 Å². The van der Waals surface area contributed by atoms with Crippen LogP contribution in [0.3, 0.4) is 0 Å². The van der Waals surface area contributed by atoms with E-state index in [0.29, 0.717) is 0 Å². The van der Waals surface area contributed by atoms with Gasteiger partial charge in [-0.25, -0.2) is 0 Å². The first-order chi connectivity index (χ1) is 5.33. The lowest BCUT2D eigenvalue weighted by atomic mass is 9.73. The van der Waals surface area contributed by atoms with Crippen molar-refractivity contribution in [1.29, 1.82) is 0 Å². The molecule has 1 fully saturated rings. The summed E-state index contributed by atoms with van der Waals surface area (Å²) in [6, 6.07) is 0. The molecule has 2 heteroatoms. The van der Waals surface area contributed by atoms with E-state index in [9.17, 15) is 9.59 Å². The van der Waals surface area contributed by atoms with Crippen LogP contribution in [0.2, 0.25) is 0 Å². The van der Waals surface area contributed by atoms with Gasteiger partial charge in [0.25, 0.3) is 0 Å². The summed E-state index contributed by atoms with van der Waals surface area (Å²) in [5.41, 5.74) is -0.403. The molecule has 1 radical (unpaired) electrons. The Morgan fingerprint density at radius 2 is 1.64 bits per heavy atom. The molecule has 0 aliphatic heterocycles. The molecule has 0 aromatic rings. The molecule has 61 valence electrons. The van der Waals surface area contributed by atoms with E-state index in [1.807, 2.05) is 0 Å². The van der Waals surface area contributed by atoms with Gasteiger partial charge in [0.05, 0.1) is 0 Å². The van der Waals surface area contributed by atoms with Gasteiger partial charge in [0, 0.05) is 11.8 Å². The maximum Gasteiger partial charge on any atom is 0.126 e. The van der Waals surface area contributed by atoms with Crippen LogP contribution in [0.25, 0.3) is 0 Å². The van der Waals surface area contributed by atoms with Crippen LogP contribution in [-0.4, -0.2) is 12.6 Å². The van der Waals surface area contributed by atoms with Crippen molar-refractivity contribution >= 4 is 12.6 Å². The molecule has 0 saturated heterocycles. The van der Waals surface area contributed by atoms with Crippen molar-refractivity contribution < 1.29 is 9.59 Å². The molecular weight excluding hydrogens is 140 g/mol. The van der Waals surface area contributed by atoms with E-state index < -0.39 is 5.41 Å². The average Bonchev–Trinajstić information content (AvgIpc) is 2.07. The van der Waals surface area contributed by atoms with E-state index in [1.54, 1.807) is 0 Å². The minimum atomic E-state index is -0.403. The summed E-state index contributed by atoms with van der Waals surface area (Å²) in [7, 11) is 0. The second-order valence-electron chi connectivity index (χ2n) is 3.21. The van der Waals surface area contributed by atoms with E-state index >= 15 is 0 Å². The van der Waals surface area contributed by atoms with Crippen LogP contribution in [-0.2, 0) is 9.59 Å². The summed E-state index contributed by atoms with van der Waals surface area (Å²) < 4.78 is 0. The average molecular weight is 153 g/mol. The standard InChI is InChI=1S/C9H13O2/c10-7-6-9(8-11)4-2-1-3-5-9/h6-8H,1-5H2. The van der Waals surface area contributed by atoms with Crippen LogP contribution in [0.4, 0.5) is 0 Å². The molecule has 0 bridgehead atoms. The highest BCUT2D eigenvalue weighted by Gasteiger charge is 2.31. The molecule has 1 aliphatic rings. The molecule has 11 heavy (non-hydrogen) atoms. The first-order valence-corrected chi connectivity index (χ1v) is 4.09. The summed E-state index contributed by atoms with van der Waals surface area (Å²) in [6.45, 7) is 0. The largest absolute Gasteiger partial charge is 0.303 e. The Morgan fingerprint density at radius 1 is 1.00 bits per heavy atom. The number of rotatable bonds is 3. The second kappa shape index (κ2) is 3.65.